The quantitative estimate of drug-likeness (QED) is 0.717. The topological polar surface area (TPSA) is 71.3 Å². The van der Waals surface area contributed by atoms with E-state index in [0.717, 1.165) is 0 Å². The molecule has 5 heteroatoms. The Kier molecular flexibility index (Phi) is 4.40. The molecule has 1 rings (SSSR count). The summed E-state index contributed by atoms with van der Waals surface area (Å²) >= 11 is 0. The average Bonchev–Trinajstić information content (AvgIpc) is 2.67. The van der Waals surface area contributed by atoms with Crippen LogP contribution < -0.4 is 5.32 Å². The zero-order valence-electron chi connectivity index (χ0n) is 8.35. The standard InChI is InChI=1S/C10H14N2O3/c13-9(3-4-10(14)15)11-5-8-12-6-1-2-7-12/h1-2,6-7H,3-5,8H2,(H,11,13)(H,14,15). The van der Waals surface area contributed by atoms with E-state index in [9.17, 15) is 9.59 Å². The molecule has 82 valence electrons. The third kappa shape index (κ3) is 4.85. The number of nitrogens with zero attached hydrogens (tertiary/aromatic N) is 1. The number of carbonyl (C=O) groups is 2. The predicted molar refractivity (Wildman–Crippen MR) is 54.3 cm³/mol. The highest BCUT2D eigenvalue weighted by Gasteiger charge is 2.03. The number of rotatable bonds is 6. The molecule has 0 fully saturated rings. The minimum atomic E-state index is -0.949. The fourth-order valence-electron chi connectivity index (χ4n) is 1.15. The van der Waals surface area contributed by atoms with Crippen LogP contribution in [0.2, 0.25) is 0 Å². The van der Waals surface area contributed by atoms with Crippen LogP contribution in [0.1, 0.15) is 12.8 Å². The maximum absolute atomic E-state index is 11.1. The Hall–Kier alpha value is -1.78. The van der Waals surface area contributed by atoms with Gasteiger partial charge in [0, 0.05) is 31.9 Å². The van der Waals surface area contributed by atoms with Crippen molar-refractivity contribution in [3.63, 3.8) is 0 Å². The SMILES string of the molecule is O=C(O)CCC(=O)NCCn1cccc1. The molecule has 0 aliphatic heterocycles. The van der Waals surface area contributed by atoms with Crippen molar-refractivity contribution in [1.29, 1.82) is 0 Å². The molecule has 5 nitrogen and oxygen atoms in total. The fourth-order valence-corrected chi connectivity index (χ4v) is 1.15. The molecule has 0 bridgehead atoms. The highest BCUT2D eigenvalue weighted by molar-refractivity contribution is 5.80. The van der Waals surface area contributed by atoms with Crippen molar-refractivity contribution >= 4 is 11.9 Å². The number of carbonyl (C=O) groups excluding carboxylic acids is 1. The van der Waals surface area contributed by atoms with Crippen molar-refractivity contribution in [2.45, 2.75) is 19.4 Å². The predicted octanol–water partition coefficient (Wildman–Crippen LogP) is 0.469. The van der Waals surface area contributed by atoms with Crippen LogP contribution in [0.5, 0.6) is 0 Å². The zero-order chi connectivity index (χ0) is 11.1. The summed E-state index contributed by atoms with van der Waals surface area (Å²) in [6, 6.07) is 3.82. The normalized spacial score (nSPS) is 9.87. The van der Waals surface area contributed by atoms with Crippen LogP contribution in [0, 0.1) is 0 Å². The Labute approximate surface area is 87.7 Å². The number of nitrogens with one attached hydrogen (secondary N) is 1. The first-order valence-corrected chi connectivity index (χ1v) is 4.78. The molecule has 0 saturated carbocycles. The molecule has 1 aromatic rings. The Morgan fingerprint density at radius 1 is 1.20 bits per heavy atom. The maximum atomic E-state index is 11.1. The van der Waals surface area contributed by atoms with Crippen LogP contribution in [-0.4, -0.2) is 28.1 Å². The van der Waals surface area contributed by atoms with E-state index in [-0.39, 0.29) is 18.7 Å². The molecule has 0 aliphatic rings. The fraction of sp³-hybridized carbons (Fsp3) is 0.400. The second-order valence-corrected chi connectivity index (χ2v) is 3.16. The van der Waals surface area contributed by atoms with Crippen LogP contribution >= 0.6 is 0 Å². The van der Waals surface area contributed by atoms with Gasteiger partial charge in [-0.25, -0.2) is 0 Å². The molecule has 0 saturated heterocycles. The summed E-state index contributed by atoms with van der Waals surface area (Å²) in [5.41, 5.74) is 0. The average molecular weight is 210 g/mol. The largest absolute Gasteiger partial charge is 0.481 e. The number of amides is 1. The number of carboxylic acid groups (broad SMARTS) is 1. The molecular weight excluding hydrogens is 196 g/mol. The minimum Gasteiger partial charge on any atom is -0.481 e. The maximum Gasteiger partial charge on any atom is 0.303 e. The first-order chi connectivity index (χ1) is 7.18. The van der Waals surface area contributed by atoms with Gasteiger partial charge >= 0.3 is 5.97 Å². The minimum absolute atomic E-state index is 0.0427. The van der Waals surface area contributed by atoms with E-state index < -0.39 is 5.97 Å². The van der Waals surface area contributed by atoms with E-state index in [1.807, 2.05) is 29.1 Å². The van der Waals surface area contributed by atoms with Gasteiger partial charge in [-0.05, 0) is 12.1 Å². The first-order valence-electron chi connectivity index (χ1n) is 4.78. The monoisotopic (exact) mass is 210 g/mol. The van der Waals surface area contributed by atoms with Crippen molar-refractivity contribution in [3.8, 4) is 0 Å². The van der Waals surface area contributed by atoms with Gasteiger partial charge in [-0.2, -0.15) is 0 Å². The van der Waals surface area contributed by atoms with Crippen LogP contribution in [0.3, 0.4) is 0 Å². The Morgan fingerprint density at radius 3 is 2.47 bits per heavy atom. The van der Waals surface area contributed by atoms with Crippen molar-refractivity contribution < 1.29 is 14.7 Å². The molecule has 1 aromatic heterocycles. The number of aromatic nitrogens is 1. The summed E-state index contributed by atoms with van der Waals surface area (Å²) in [7, 11) is 0. The summed E-state index contributed by atoms with van der Waals surface area (Å²) in [6.45, 7) is 1.22. The zero-order valence-corrected chi connectivity index (χ0v) is 8.35. The molecule has 0 unspecified atom stereocenters. The third-order valence-electron chi connectivity index (χ3n) is 1.92. The van der Waals surface area contributed by atoms with Gasteiger partial charge in [-0.1, -0.05) is 0 Å². The van der Waals surface area contributed by atoms with Gasteiger partial charge in [-0.3, -0.25) is 9.59 Å². The van der Waals surface area contributed by atoms with Gasteiger partial charge in [0.1, 0.15) is 0 Å². The van der Waals surface area contributed by atoms with Gasteiger partial charge in [0.05, 0.1) is 6.42 Å². The number of carboxylic acids is 1. The van der Waals surface area contributed by atoms with E-state index in [0.29, 0.717) is 13.1 Å². The lowest BCUT2D eigenvalue weighted by atomic mass is 10.3. The van der Waals surface area contributed by atoms with Gasteiger partial charge in [0.15, 0.2) is 0 Å². The van der Waals surface area contributed by atoms with Crippen LogP contribution in [0.4, 0.5) is 0 Å². The number of hydrogen-bond acceptors (Lipinski definition) is 2. The van der Waals surface area contributed by atoms with E-state index >= 15 is 0 Å². The molecule has 15 heavy (non-hydrogen) atoms. The lowest BCUT2D eigenvalue weighted by molar-refractivity contribution is -0.138. The van der Waals surface area contributed by atoms with Crippen LogP contribution in [0.15, 0.2) is 24.5 Å². The third-order valence-corrected chi connectivity index (χ3v) is 1.92. The van der Waals surface area contributed by atoms with Crippen molar-refractivity contribution in [2.75, 3.05) is 6.54 Å². The summed E-state index contributed by atoms with van der Waals surface area (Å²) in [5, 5.41) is 11.0. The molecule has 0 aromatic carbocycles. The molecule has 0 spiro atoms. The molecule has 1 amide bonds. The van der Waals surface area contributed by atoms with Crippen molar-refractivity contribution in [3.05, 3.63) is 24.5 Å². The van der Waals surface area contributed by atoms with E-state index in [2.05, 4.69) is 5.32 Å². The lowest BCUT2D eigenvalue weighted by Gasteiger charge is -2.04. The highest BCUT2D eigenvalue weighted by atomic mass is 16.4. The second-order valence-electron chi connectivity index (χ2n) is 3.16. The molecule has 0 aliphatic carbocycles. The highest BCUT2D eigenvalue weighted by Crippen LogP contribution is 1.90. The van der Waals surface area contributed by atoms with E-state index in [1.54, 1.807) is 0 Å². The Morgan fingerprint density at radius 2 is 1.87 bits per heavy atom. The van der Waals surface area contributed by atoms with Crippen LogP contribution in [0.25, 0.3) is 0 Å². The molecule has 0 radical (unpaired) electrons. The summed E-state index contributed by atoms with van der Waals surface area (Å²) < 4.78 is 1.94. The van der Waals surface area contributed by atoms with Gasteiger partial charge < -0.3 is 15.0 Å². The molecule has 1 heterocycles. The van der Waals surface area contributed by atoms with Crippen LogP contribution in [-0.2, 0) is 16.1 Å². The Balaban J connectivity index is 2.09. The van der Waals surface area contributed by atoms with E-state index in [1.165, 1.54) is 0 Å². The molecule has 0 atom stereocenters. The summed E-state index contributed by atoms with van der Waals surface area (Å²) in [6.07, 6.45) is 3.74. The lowest BCUT2D eigenvalue weighted by Crippen LogP contribution is -2.27. The number of hydrogen-bond donors (Lipinski definition) is 2. The van der Waals surface area contributed by atoms with Gasteiger partial charge in [0.25, 0.3) is 0 Å². The van der Waals surface area contributed by atoms with E-state index in [4.69, 9.17) is 5.11 Å². The second kappa shape index (κ2) is 5.85. The van der Waals surface area contributed by atoms with Gasteiger partial charge in [0.2, 0.25) is 5.91 Å². The summed E-state index contributed by atoms with van der Waals surface area (Å²) in [4.78, 5) is 21.3. The van der Waals surface area contributed by atoms with Gasteiger partial charge in [-0.15, -0.1) is 0 Å². The molecule has 2 N–H and O–H groups in total. The van der Waals surface area contributed by atoms with Crippen molar-refractivity contribution in [1.82, 2.24) is 9.88 Å². The smallest absolute Gasteiger partial charge is 0.303 e. The first kappa shape index (κ1) is 11.3. The van der Waals surface area contributed by atoms with Crippen molar-refractivity contribution in [2.24, 2.45) is 0 Å². The Bertz CT molecular complexity index is 319. The molecular formula is C10H14N2O3. The number of aliphatic carboxylic acids is 1. The summed E-state index contributed by atoms with van der Waals surface area (Å²) in [5.74, 6) is -1.17.